The van der Waals surface area contributed by atoms with Crippen LogP contribution in [0, 0.1) is 6.92 Å². The second-order valence-electron chi connectivity index (χ2n) is 4.12. The number of aliphatic hydroxyl groups excluding tert-OH is 1. The molecule has 0 spiro atoms. The summed E-state index contributed by atoms with van der Waals surface area (Å²) in [5.74, 6) is -0.206. The number of halogens is 1. The maximum Gasteiger partial charge on any atom is 0.251 e. The highest BCUT2D eigenvalue weighted by Gasteiger charge is 2.09. The minimum atomic E-state index is -0.482. The van der Waals surface area contributed by atoms with E-state index in [2.05, 4.69) is 5.32 Å². The Hall–Kier alpha value is -1.06. The smallest absolute Gasteiger partial charge is 0.251 e. The normalized spacial score (nSPS) is 12.2. The first-order chi connectivity index (χ1) is 8.04. The number of aryl methyl sites for hydroxylation is 1. The summed E-state index contributed by atoms with van der Waals surface area (Å²) in [6, 6.07) is 5.17. The van der Waals surface area contributed by atoms with E-state index < -0.39 is 6.10 Å². The molecule has 17 heavy (non-hydrogen) atoms. The second kappa shape index (κ2) is 6.62. The topological polar surface area (TPSA) is 49.3 Å². The Morgan fingerprint density at radius 3 is 2.82 bits per heavy atom. The molecule has 94 valence electrons. The van der Waals surface area contributed by atoms with E-state index in [-0.39, 0.29) is 12.5 Å². The SMILES string of the molecule is CCCC(O)CNC(=O)c1ccc(C)c(Cl)c1. The molecule has 0 bridgehead atoms. The van der Waals surface area contributed by atoms with Gasteiger partial charge in [0, 0.05) is 17.1 Å². The van der Waals surface area contributed by atoms with Gasteiger partial charge >= 0.3 is 0 Å². The van der Waals surface area contributed by atoms with E-state index in [0.717, 1.165) is 12.0 Å². The van der Waals surface area contributed by atoms with E-state index in [4.69, 9.17) is 11.6 Å². The van der Waals surface area contributed by atoms with Crippen LogP contribution in [0.15, 0.2) is 18.2 Å². The van der Waals surface area contributed by atoms with Gasteiger partial charge < -0.3 is 10.4 Å². The van der Waals surface area contributed by atoms with Gasteiger partial charge in [-0.3, -0.25) is 4.79 Å². The van der Waals surface area contributed by atoms with Crippen molar-refractivity contribution < 1.29 is 9.90 Å². The molecular formula is C13H18ClNO2. The Kier molecular flexibility index (Phi) is 5.45. The van der Waals surface area contributed by atoms with Crippen molar-refractivity contribution in [2.24, 2.45) is 0 Å². The third kappa shape index (κ3) is 4.36. The summed E-state index contributed by atoms with van der Waals surface area (Å²) in [5, 5.41) is 12.8. The van der Waals surface area contributed by atoms with Gasteiger partial charge in [0.2, 0.25) is 0 Å². The zero-order valence-electron chi connectivity index (χ0n) is 10.2. The molecule has 0 saturated heterocycles. The fraction of sp³-hybridized carbons (Fsp3) is 0.462. The minimum absolute atomic E-state index is 0.206. The number of hydrogen-bond acceptors (Lipinski definition) is 2. The van der Waals surface area contributed by atoms with Crippen molar-refractivity contribution in [2.75, 3.05) is 6.54 Å². The van der Waals surface area contributed by atoms with Crippen molar-refractivity contribution in [3.63, 3.8) is 0 Å². The van der Waals surface area contributed by atoms with Gasteiger partial charge in [-0.2, -0.15) is 0 Å². The lowest BCUT2D eigenvalue weighted by atomic mass is 10.1. The van der Waals surface area contributed by atoms with Gasteiger partial charge in [0.1, 0.15) is 0 Å². The largest absolute Gasteiger partial charge is 0.391 e. The van der Waals surface area contributed by atoms with Crippen LogP contribution in [0.2, 0.25) is 5.02 Å². The van der Waals surface area contributed by atoms with Gasteiger partial charge in [-0.25, -0.2) is 0 Å². The van der Waals surface area contributed by atoms with Crippen LogP contribution < -0.4 is 5.32 Å². The number of carbonyl (C=O) groups is 1. The standard InChI is InChI=1S/C13H18ClNO2/c1-3-4-11(16)8-15-13(17)10-6-5-9(2)12(14)7-10/h5-7,11,16H,3-4,8H2,1-2H3,(H,15,17). The highest BCUT2D eigenvalue weighted by Crippen LogP contribution is 2.16. The first-order valence-corrected chi connectivity index (χ1v) is 6.14. The van der Waals surface area contributed by atoms with Gasteiger partial charge in [0.05, 0.1) is 6.10 Å². The van der Waals surface area contributed by atoms with E-state index in [9.17, 15) is 9.90 Å². The lowest BCUT2D eigenvalue weighted by molar-refractivity contribution is 0.0910. The molecule has 0 aliphatic heterocycles. The van der Waals surface area contributed by atoms with E-state index in [0.29, 0.717) is 17.0 Å². The molecule has 1 rings (SSSR count). The predicted molar refractivity (Wildman–Crippen MR) is 69.4 cm³/mol. The average Bonchev–Trinajstić information content (AvgIpc) is 2.30. The minimum Gasteiger partial charge on any atom is -0.391 e. The van der Waals surface area contributed by atoms with Gasteiger partial charge in [-0.05, 0) is 31.0 Å². The first-order valence-electron chi connectivity index (χ1n) is 5.77. The van der Waals surface area contributed by atoms with E-state index in [1.807, 2.05) is 13.8 Å². The number of rotatable bonds is 5. The Morgan fingerprint density at radius 1 is 1.53 bits per heavy atom. The monoisotopic (exact) mass is 255 g/mol. The van der Waals surface area contributed by atoms with Crippen LogP contribution in [0.4, 0.5) is 0 Å². The summed E-state index contributed by atoms with van der Waals surface area (Å²) in [6.07, 6.45) is 1.10. The van der Waals surface area contributed by atoms with Crippen molar-refractivity contribution >= 4 is 17.5 Å². The average molecular weight is 256 g/mol. The third-order valence-corrected chi connectivity index (χ3v) is 2.96. The molecule has 0 saturated carbocycles. The number of hydrogen-bond donors (Lipinski definition) is 2. The Labute approximate surface area is 107 Å². The van der Waals surface area contributed by atoms with Crippen molar-refractivity contribution in [3.05, 3.63) is 34.3 Å². The number of aliphatic hydroxyl groups is 1. The summed E-state index contributed by atoms with van der Waals surface area (Å²) in [6.45, 7) is 4.15. The molecule has 0 aliphatic rings. The zero-order chi connectivity index (χ0) is 12.8. The molecule has 0 aromatic heterocycles. The van der Waals surface area contributed by atoms with Crippen LogP contribution in [0.25, 0.3) is 0 Å². The molecule has 4 heteroatoms. The van der Waals surface area contributed by atoms with E-state index in [1.165, 1.54) is 0 Å². The van der Waals surface area contributed by atoms with Gasteiger partial charge in [-0.15, -0.1) is 0 Å². The number of nitrogens with one attached hydrogen (secondary N) is 1. The van der Waals surface area contributed by atoms with Crippen LogP contribution >= 0.6 is 11.6 Å². The fourth-order valence-corrected chi connectivity index (χ4v) is 1.66. The summed E-state index contributed by atoms with van der Waals surface area (Å²) in [5.41, 5.74) is 1.46. The summed E-state index contributed by atoms with van der Waals surface area (Å²) >= 11 is 5.94. The lowest BCUT2D eigenvalue weighted by Crippen LogP contribution is -2.31. The quantitative estimate of drug-likeness (QED) is 0.850. The molecule has 0 radical (unpaired) electrons. The molecule has 1 atom stereocenters. The second-order valence-corrected chi connectivity index (χ2v) is 4.52. The highest BCUT2D eigenvalue weighted by atomic mass is 35.5. The van der Waals surface area contributed by atoms with Gasteiger partial charge in [-0.1, -0.05) is 31.0 Å². The number of benzene rings is 1. The predicted octanol–water partition coefficient (Wildman–Crippen LogP) is 2.54. The maximum absolute atomic E-state index is 11.7. The first kappa shape index (κ1) is 14.0. The zero-order valence-corrected chi connectivity index (χ0v) is 10.9. The van der Waals surface area contributed by atoms with Crippen LogP contribution in [0.1, 0.15) is 35.7 Å². The van der Waals surface area contributed by atoms with Crippen molar-refractivity contribution in [1.29, 1.82) is 0 Å². The summed E-state index contributed by atoms with van der Waals surface area (Å²) < 4.78 is 0. The van der Waals surface area contributed by atoms with E-state index >= 15 is 0 Å². The van der Waals surface area contributed by atoms with Crippen LogP contribution in [0.5, 0.6) is 0 Å². The van der Waals surface area contributed by atoms with Crippen molar-refractivity contribution in [3.8, 4) is 0 Å². The molecule has 3 nitrogen and oxygen atoms in total. The number of amides is 1. The molecule has 1 amide bonds. The molecule has 0 fully saturated rings. The molecule has 2 N–H and O–H groups in total. The molecule has 0 heterocycles. The summed E-state index contributed by atoms with van der Waals surface area (Å²) in [4.78, 5) is 11.7. The third-order valence-electron chi connectivity index (χ3n) is 2.55. The lowest BCUT2D eigenvalue weighted by Gasteiger charge is -2.11. The molecule has 1 aromatic rings. The van der Waals surface area contributed by atoms with E-state index in [1.54, 1.807) is 18.2 Å². The Balaban J connectivity index is 2.55. The van der Waals surface area contributed by atoms with Crippen molar-refractivity contribution in [2.45, 2.75) is 32.8 Å². The van der Waals surface area contributed by atoms with Crippen LogP contribution in [-0.4, -0.2) is 23.7 Å². The molecule has 0 aliphatic carbocycles. The highest BCUT2D eigenvalue weighted by molar-refractivity contribution is 6.31. The molecule has 1 unspecified atom stereocenters. The van der Waals surface area contributed by atoms with Crippen LogP contribution in [-0.2, 0) is 0 Å². The Bertz CT molecular complexity index is 393. The Morgan fingerprint density at radius 2 is 2.24 bits per heavy atom. The van der Waals surface area contributed by atoms with Gasteiger partial charge in [0.25, 0.3) is 5.91 Å². The maximum atomic E-state index is 11.7. The number of carbonyl (C=O) groups excluding carboxylic acids is 1. The molecular weight excluding hydrogens is 238 g/mol. The molecule has 1 aromatic carbocycles. The summed E-state index contributed by atoms with van der Waals surface area (Å²) in [7, 11) is 0. The van der Waals surface area contributed by atoms with Gasteiger partial charge in [0.15, 0.2) is 0 Å². The van der Waals surface area contributed by atoms with Crippen molar-refractivity contribution in [1.82, 2.24) is 5.32 Å². The van der Waals surface area contributed by atoms with Crippen LogP contribution in [0.3, 0.4) is 0 Å². The fourth-order valence-electron chi connectivity index (χ4n) is 1.48.